The first-order chi connectivity index (χ1) is 4.97. The summed E-state index contributed by atoms with van der Waals surface area (Å²) in [7, 11) is 0. The maximum atomic E-state index is 4.18. The molecule has 1 aromatic heterocycles. The minimum Gasteiger partial charge on any atom is -0.256 e. The van der Waals surface area contributed by atoms with Crippen molar-refractivity contribution in [2.45, 2.75) is 0 Å². The van der Waals surface area contributed by atoms with Crippen molar-refractivity contribution < 1.29 is 0 Å². The van der Waals surface area contributed by atoms with Gasteiger partial charge in [-0.05, 0) is 12.1 Å². The molecule has 0 amide bonds. The number of nitrogens with zero attached hydrogens (tertiary/aromatic N) is 1. The molecule has 0 saturated heterocycles. The topological polar surface area (TPSA) is 12.9 Å². The van der Waals surface area contributed by atoms with Crippen LogP contribution >= 0.6 is 0 Å². The number of para-hydroxylation sites is 1. The SMILES string of the molecule is [BeH2].[LiH].c1ccc2ncccc2c1. The second-order valence-electron chi connectivity index (χ2n) is 2.20. The van der Waals surface area contributed by atoms with Crippen molar-refractivity contribution in [2.24, 2.45) is 0 Å². The van der Waals surface area contributed by atoms with Gasteiger partial charge in [0, 0.05) is 11.6 Å². The van der Waals surface area contributed by atoms with Crippen LogP contribution in [-0.4, -0.2) is 34.0 Å². The third-order valence-corrected chi connectivity index (χ3v) is 1.51. The van der Waals surface area contributed by atoms with E-state index >= 15 is 0 Å². The molecule has 0 saturated carbocycles. The van der Waals surface area contributed by atoms with Crippen molar-refractivity contribution in [3.05, 3.63) is 42.6 Å². The van der Waals surface area contributed by atoms with E-state index in [1.54, 1.807) is 0 Å². The third kappa shape index (κ3) is 2.19. The monoisotopic (exact) mass is 148 g/mol. The van der Waals surface area contributed by atoms with Crippen LogP contribution in [0.15, 0.2) is 42.6 Å². The number of aromatic nitrogens is 1. The van der Waals surface area contributed by atoms with Gasteiger partial charge < -0.3 is 0 Å². The summed E-state index contributed by atoms with van der Waals surface area (Å²) in [5, 5.41) is 1.20. The molecule has 0 radical (unpaired) electrons. The van der Waals surface area contributed by atoms with E-state index in [-0.39, 0.29) is 29.0 Å². The average Bonchev–Trinajstić information content (AvgIpc) is 2.05. The summed E-state index contributed by atoms with van der Waals surface area (Å²) in [4.78, 5) is 4.18. The fraction of sp³-hybridized carbons (Fsp3) is 0. The van der Waals surface area contributed by atoms with Gasteiger partial charge in [0.15, 0.2) is 0 Å². The van der Waals surface area contributed by atoms with Gasteiger partial charge in [0.05, 0.1) is 5.52 Å². The molecule has 1 aromatic carbocycles. The Morgan fingerprint density at radius 3 is 2.33 bits per heavy atom. The van der Waals surface area contributed by atoms with Gasteiger partial charge in [-0.2, -0.15) is 0 Å². The average molecular weight is 148 g/mol. The summed E-state index contributed by atoms with van der Waals surface area (Å²) in [6.45, 7) is 0. The molecule has 0 N–H and O–H groups in total. The Morgan fingerprint density at radius 1 is 0.917 bits per heavy atom. The molecule has 0 aliphatic carbocycles. The second-order valence-corrected chi connectivity index (χ2v) is 2.20. The van der Waals surface area contributed by atoms with Crippen LogP contribution in [0.25, 0.3) is 10.9 Å². The van der Waals surface area contributed by atoms with E-state index in [1.807, 2.05) is 30.5 Å². The first-order valence-corrected chi connectivity index (χ1v) is 3.26. The minimum absolute atomic E-state index is 0. The molecule has 0 aliphatic rings. The molecule has 1 nitrogen and oxygen atoms in total. The fourth-order valence-electron chi connectivity index (χ4n) is 1.02. The zero-order chi connectivity index (χ0) is 6.81. The standard InChI is InChI=1S/C9H7N.Be.Li.3H/c1-2-6-9-8(4-1)5-3-7-10-9;;;;;/h1-7H;;;;;. The third-order valence-electron chi connectivity index (χ3n) is 1.51. The van der Waals surface area contributed by atoms with Crippen molar-refractivity contribution in [1.29, 1.82) is 0 Å². The van der Waals surface area contributed by atoms with Crippen LogP contribution in [0.1, 0.15) is 0 Å². The van der Waals surface area contributed by atoms with E-state index in [0.29, 0.717) is 0 Å². The van der Waals surface area contributed by atoms with Gasteiger partial charge in [0.2, 0.25) is 0 Å². The van der Waals surface area contributed by atoms with Crippen LogP contribution in [-0.2, 0) is 0 Å². The number of pyridine rings is 1. The van der Waals surface area contributed by atoms with Gasteiger partial charge in [0.25, 0.3) is 0 Å². The van der Waals surface area contributed by atoms with Crippen molar-refractivity contribution in [3.8, 4) is 0 Å². The molecule has 54 valence electrons. The summed E-state index contributed by atoms with van der Waals surface area (Å²) >= 11 is 0. The molecule has 0 spiro atoms. The predicted octanol–water partition coefficient (Wildman–Crippen LogP) is 0.670. The number of rotatable bonds is 0. The summed E-state index contributed by atoms with van der Waals surface area (Å²) in [6.07, 6.45) is 1.81. The van der Waals surface area contributed by atoms with E-state index in [9.17, 15) is 0 Å². The van der Waals surface area contributed by atoms with E-state index in [0.717, 1.165) is 5.52 Å². The smallest absolute Gasteiger partial charge is 0.0701 e. The molecule has 0 atom stereocenters. The molecule has 0 unspecified atom stereocenters. The van der Waals surface area contributed by atoms with Crippen molar-refractivity contribution in [2.75, 3.05) is 0 Å². The number of benzene rings is 1. The van der Waals surface area contributed by atoms with Gasteiger partial charge in [-0.25, -0.2) is 0 Å². The first kappa shape index (κ1) is 11.4. The van der Waals surface area contributed by atoms with Gasteiger partial charge >= 0.3 is 29.0 Å². The Morgan fingerprint density at radius 2 is 1.58 bits per heavy atom. The zero-order valence-electron chi connectivity index (χ0n) is 5.49. The van der Waals surface area contributed by atoms with E-state index in [4.69, 9.17) is 0 Å². The first-order valence-electron chi connectivity index (χ1n) is 3.26. The Balaban J connectivity index is 0.000000605. The van der Waals surface area contributed by atoms with Gasteiger partial charge in [-0.15, -0.1) is 0 Å². The van der Waals surface area contributed by atoms with Crippen molar-refractivity contribution >= 4 is 39.9 Å². The van der Waals surface area contributed by atoms with Gasteiger partial charge in [0.1, 0.15) is 0 Å². The molecular formula is C9H10BeLiN. The Labute approximate surface area is 87.6 Å². The normalized spacial score (nSPS) is 8.33. The predicted molar refractivity (Wildman–Crippen MR) is 57.4 cm³/mol. The summed E-state index contributed by atoms with van der Waals surface area (Å²) in [6, 6.07) is 12.1. The molecule has 0 fully saturated rings. The van der Waals surface area contributed by atoms with Crippen LogP contribution in [0, 0.1) is 0 Å². The van der Waals surface area contributed by atoms with Crippen LogP contribution in [0.5, 0.6) is 0 Å². The number of hydrogen-bond acceptors (Lipinski definition) is 1. The summed E-state index contributed by atoms with van der Waals surface area (Å²) < 4.78 is 0. The molecule has 1 heterocycles. The molecule has 3 heteroatoms. The van der Waals surface area contributed by atoms with Gasteiger partial charge in [-0.3, -0.25) is 4.98 Å². The molecular weight excluding hydrogens is 138 g/mol. The van der Waals surface area contributed by atoms with E-state index in [2.05, 4.69) is 17.1 Å². The molecule has 2 rings (SSSR count). The van der Waals surface area contributed by atoms with Crippen molar-refractivity contribution in [1.82, 2.24) is 4.98 Å². The molecule has 0 aliphatic heterocycles. The molecule has 0 bridgehead atoms. The second kappa shape index (κ2) is 5.11. The van der Waals surface area contributed by atoms with Crippen LogP contribution in [0.3, 0.4) is 0 Å². The maximum Gasteiger partial charge on any atom is 0.0701 e. The largest absolute Gasteiger partial charge is 0.256 e. The van der Waals surface area contributed by atoms with E-state index < -0.39 is 0 Å². The van der Waals surface area contributed by atoms with E-state index in [1.165, 1.54) is 5.39 Å². The minimum atomic E-state index is 0. The Kier molecular flexibility index (Phi) is 4.86. The Hall–Kier alpha value is -0.604. The molecule has 2 aromatic rings. The Bertz CT molecular complexity index is 286. The summed E-state index contributed by atoms with van der Waals surface area (Å²) in [5.74, 6) is 0. The van der Waals surface area contributed by atoms with Gasteiger partial charge in [-0.1, -0.05) is 24.3 Å². The number of fused-ring (bicyclic) bond motifs is 1. The summed E-state index contributed by atoms with van der Waals surface area (Å²) in [5.41, 5.74) is 1.06. The maximum absolute atomic E-state index is 4.18. The quantitative estimate of drug-likeness (QED) is 0.500. The number of hydrogen-bond donors (Lipinski definition) is 0. The van der Waals surface area contributed by atoms with Crippen molar-refractivity contribution in [3.63, 3.8) is 0 Å². The fourth-order valence-corrected chi connectivity index (χ4v) is 1.02. The molecule has 12 heavy (non-hydrogen) atoms. The van der Waals surface area contributed by atoms with Crippen LogP contribution < -0.4 is 0 Å². The zero-order valence-corrected chi connectivity index (χ0v) is 5.49. The van der Waals surface area contributed by atoms with Crippen LogP contribution in [0.2, 0.25) is 0 Å². The van der Waals surface area contributed by atoms with Crippen LogP contribution in [0.4, 0.5) is 0 Å².